The van der Waals surface area contributed by atoms with Crippen molar-refractivity contribution in [2.45, 2.75) is 51.9 Å². The second-order valence-corrected chi connectivity index (χ2v) is 8.48. The van der Waals surface area contributed by atoms with E-state index < -0.39 is 0 Å². The van der Waals surface area contributed by atoms with Gasteiger partial charge in [-0.25, -0.2) is 0 Å². The number of fused-ring (bicyclic) bond motifs is 2. The Labute approximate surface area is 157 Å². The predicted octanol–water partition coefficient (Wildman–Crippen LogP) is 6.69. The lowest BCUT2D eigenvalue weighted by atomic mass is 9.77. The van der Waals surface area contributed by atoms with Crippen LogP contribution in [-0.2, 0) is 18.3 Å². The normalized spacial score (nSPS) is 14.3. The van der Waals surface area contributed by atoms with Gasteiger partial charge in [-0.1, -0.05) is 57.2 Å². The predicted molar refractivity (Wildman–Crippen MR) is 111 cm³/mol. The average molecular weight is 344 g/mol. The highest BCUT2D eigenvalue weighted by molar-refractivity contribution is 5.92. The van der Waals surface area contributed by atoms with Crippen molar-refractivity contribution in [1.82, 2.24) is 0 Å². The van der Waals surface area contributed by atoms with Gasteiger partial charge in [0.1, 0.15) is 5.75 Å². The Morgan fingerprint density at radius 1 is 0.846 bits per heavy atom. The minimum absolute atomic E-state index is 0.0712. The maximum atomic E-state index is 5.85. The molecule has 3 aromatic rings. The highest BCUT2D eigenvalue weighted by Crippen LogP contribution is 2.44. The van der Waals surface area contributed by atoms with E-state index in [1.807, 2.05) is 0 Å². The van der Waals surface area contributed by atoms with Crippen LogP contribution in [0.5, 0.6) is 5.75 Å². The summed E-state index contributed by atoms with van der Waals surface area (Å²) in [5, 5.41) is 2.61. The lowest BCUT2D eigenvalue weighted by Crippen LogP contribution is -2.14. The van der Waals surface area contributed by atoms with Crippen LogP contribution in [0.1, 0.15) is 50.3 Å². The topological polar surface area (TPSA) is 9.23 Å². The largest absolute Gasteiger partial charge is 0.496 e. The molecule has 3 aromatic carbocycles. The van der Waals surface area contributed by atoms with Gasteiger partial charge in [0, 0.05) is 5.56 Å². The molecule has 0 saturated carbocycles. The van der Waals surface area contributed by atoms with Gasteiger partial charge in [-0.3, -0.25) is 0 Å². The van der Waals surface area contributed by atoms with E-state index in [0.717, 1.165) is 12.2 Å². The summed E-state index contributed by atoms with van der Waals surface area (Å²) >= 11 is 0. The molecule has 1 nitrogen and oxygen atoms in total. The van der Waals surface area contributed by atoms with Crippen LogP contribution < -0.4 is 4.74 Å². The van der Waals surface area contributed by atoms with Gasteiger partial charge in [-0.15, -0.1) is 0 Å². The van der Waals surface area contributed by atoms with Crippen LogP contribution >= 0.6 is 0 Å². The Bertz CT molecular complexity index is 960. The lowest BCUT2D eigenvalue weighted by molar-refractivity contribution is 0.415. The van der Waals surface area contributed by atoms with Crippen molar-refractivity contribution in [2.24, 2.45) is 0 Å². The van der Waals surface area contributed by atoms with E-state index in [2.05, 4.69) is 69.3 Å². The molecule has 0 fully saturated rings. The Balaban J connectivity index is 2.08. The Morgan fingerprint density at radius 2 is 1.54 bits per heavy atom. The summed E-state index contributed by atoms with van der Waals surface area (Å²) in [6.45, 7) is 6.92. The molecule has 0 atom stereocenters. The summed E-state index contributed by atoms with van der Waals surface area (Å²) in [5.41, 5.74) is 7.12. The number of methoxy groups -OCH3 is 1. The second-order valence-electron chi connectivity index (χ2n) is 8.48. The van der Waals surface area contributed by atoms with Gasteiger partial charge in [0.05, 0.1) is 7.11 Å². The number of hydrogen-bond acceptors (Lipinski definition) is 1. The third kappa shape index (κ3) is 2.90. The van der Waals surface area contributed by atoms with Crippen molar-refractivity contribution in [2.75, 3.05) is 7.11 Å². The summed E-state index contributed by atoms with van der Waals surface area (Å²) in [5.74, 6) is 1.01. The molecule has 0 heterocycles. The van der Waals surface area contributed by atoms with E-state index >= 15 is 0 Å². The van der Waals surface area contributed by atoms with Crippen molar-refractivity contribution in [1.29, 1.82) is 0 Å². The summed E-state index contributed by atoms with van der Waals surface area (Å²) < 4.78 is 5.85. The molecule has 4 rings (SSSR count). The number of benzene rings is 3. The third-order valence-electron chi connectivity index (χ3n) is 5.68. The van der Waals surface area contributed by atoms with E-state index in [1.54, 1.807) is 7.11 Å². The Kier molecular flexibility index (Phi) is 4.26. The fourth-order valence-electron chi connectivity index (χ4n) is 4.34. The van der Waals surface area contributed by atoms with Gasteiger partial charge in [-0.05, 0) is 76.3 Å². The first-order valence-electron chi connectivity index (χ1n) is 9.71. The van der Waals surface area contributed by atoms with Gasteiger partial charge >= 0.3 is 0 Å². The van der Waals surface area contributed by atoms with Crippen LogP contribution in [0.25, 0.3) is 21.9 Å². The van der Waals surface area contributed by atoms with Crippen molar-refractivity contribution >= 4 is 10.8 Å². The average Bonchev–Trinajstić information content (AvgIpc) is 2.65. The zero-order valence-electron chi connectivity index (χ0n) is 16.4. The first-order chi connectivity index (χ1) is 12.5. The van der Waals surface area contributed by atoms with Gasteiger partial charge in [0.2, 0.25) is 0 Å². The molecule has 0 aromatic heterocycles. The Morgan fingerprint density at radius 3 is 2.23 bits per heavy atom. The monoisotopic (exact) mass is 344 g/mol. The van der Waals surface area contributed by atoms with Crippen LogP contribution in [-0.4, -0.2) is 7.11 Å². The highest BCUT2D eigenvalue weighted by atomic mass is 16.5. The first kappa shape index (κ1) is 17.1. The summed E-state index contributed by atoms with van der Waals surface area (Å²) in [6, 6.07) is 17.9. The number of ether oxygens (including phenoxy) is 1. The molecule has 0 unspecified atom stereocenters. The minimum Gasteiger partial charge on any atom is -0.496 e. The van der Waals surface area contributed by atoms with Crippen molar-refractivity contribution in [3.05, 3.63) is 65.2 Å². The quantitative estimate of drug-likeness (QED) is 0.503. The molecule has 26 heavy (non-hydrogen) atoms. The first-order valence-corrected chi connectivity index (χ1v) is 9.71. The highest BCUT2D eigenvalue weighted by Gasteiger charge is 2.25. The molecule has 0 spiro atoms. The molecule has 134 valence electrons. The van der Waals surface area contributed by atoms with E-state index in [0.29, 0.717) is 0 Å². The van der Waals surface area contributed by atoms with Crippen LogP contribution in [0.4, 0.5) is 0 Å². The van der Waals surface area contributed by atoms with Crippen molar-refractivity contribution in [3.63, 3.8) is 0 Å². The van der Waals surface area contributed by atoms with Gasteiger partial charge in [0.25, 0.3) is 0 Å². The number of aryl methyl sites for hydroxylation is 1. The smallest absolute Gasteiger partial charge is 0.126 e. The van der Waals surface area contributed by atoms with Gasteiger partial charge in [-0.2, -0.15) is 0 Å². The molecule has 0 radical (unpaired) electrons. The molecule has 1 aliphatic rings. The lowest BCUT2D eigenvalue weighted by Gasteiger charge is -2.28. The summed E-state index contributed by atoms with van der Waals surface area (Å²) in [6.07, 6.45) is 4.90. The molecular formula is C25H28O. The molecule has 0 saturated heterocycles. The summed E-state index contributed by atoms with van der Waals surface area (Å²) in [7, 11) is 1.80. The van der Waals surface area contributed by atoms with Crippen LogP contribution in [0.3, 0.4) is 0 Å². The molecule has 1 heteroatoms. The van der Waals surface area contributed by atoms with Crippen LogP contribution in [0.2, 0.25) is 0 Å². The second kappa shape index (κ2) is 6.46. The standard InChI is InChI=1S/C25H28O/c1-25(2,3)22-16-19-11-6-5-10-18(19)15-21(22)24-20-12-8-7-9-17(20)13-14-23(24)26-4/h5-6,10-11,13-16H,7-9,12H2,1-4H3. The molecule has 0 bridgehead atoms. The maximum absolute atomic E-state index is 5.85. The molecule has 1 aliphatic carbocycles. The maximum Gasteiger partial charge on any atom is 0.126 e. The van der Waals surface area contributed by atoms with Crippen molar-refractivity contribution < 1.29 is 4.74 Å². The van der Waals surface area contributed by atoms with E-state index in [-0.39, 0.29) is 5.41 Å². The number of hydrogen-bond donors (Lipinski definition) is 0. The Hall–Kier alpha value is -2.28. The van der Waals surface area contributed by atoms with E-state index in [1.165, 1.54) is 57.9 Å². The zero-order chi connectivity index (χ0) is 18.3. The van der Waals surface area contributed by atoms with Crippen LogP contribution in [0.15, 0.2) is 48.5 Å². The van der Waals surface area contributed by atoms with E-state index in [9.17, 15) is 0 Å². The minimum atomic E-state index is 0.0712. The SMILES string of the molecule is COc1ccc2c(c1-c1cc3ccccc3cc1C(C)(C)C)CCCC2. The summed E-state index contributed by atoms with van der Waals surface area (Å²) in [4.78, 5) is 0. The molecule has 0 aliphatic heterocycles. The fraction of sp³-hybridized carbons (Fsp3) is 0.360. The molecule has 0 amide bonds. The van der Waals surface area contributed by atoms with Gasteiger partial charge in [0.15, 0.2) is 0 Å². The molecular weight excluding hydrogens is 316 g/mol. The number of rotatable bonds is 2. The van der Waals surface area contributed by atoms with Gasteiger partial charge < -0.3 is 4.74 Å². The molecule has 0 N–H and O–H groups in total. The fourth-order valence-corrected chi connectivity index (χ4v) is 4.34. The third-order valence-corrected chi connectivity index (χ3v) is 5.68. The van der Waals surface area contributed by atoms with E-state index in [4.69, 9.17) is 4.74 Å². The van der Waals surface area contributed by atoms with Crippen LogP contribution in [0, 0.1) is 0 Å². The van der Waals surface area contributed by atoms with Crippen molar-refractivity contribution in [3.8, 4) is 16.9 Å². The zero-order valence-corrected chi connectivity index (χ0v) is 16.4.